The third-order valence-corrected chi connectivity index (χ3v) is 2.91. The topological polar surface area (TPSA) is 32.8 Å². The van der Waals surface area contributed by atoms with Gasteiger partial charge >= 0.3 is 5.97 Å². The molecule has 0 amide bonds. The van der Waals surface area contributed by atoms with Crippen molar-refractivity contribution in [2.45, 2.75) is 39.7 Å². The van der Waals surface area contributed by atoms with E-state index in [2.05, 4.69) is 19.0 Å². The van der Waals surface area contributed by atoms with E-state index in [-0.39, 0.29) is 5.97 Å². The Morgan fingerprint density at radius 2 is 2.00 bits per heavy atom. The van der Waals surface area contributed by atoms with E-state index in [0.717, 1.165) is 19.5 Å². The molecule has 0 aromatic carbocycles. The Morgan fingerprint density at radius 1 is 1.38 bits per heavy atom. The SMILES string of the molecule is CN(C)[C@@H]1CCCN(OC(=O)C(C)(C)C)C1. The van der Waals surface area contributed by atoms with E-state index in [9.17, 15) is 4.79 Å². The Kier molecular flexibility index (Phi) is 4.33. The lowest BCUT2D eigenvalue weighted by Crippen LogP contribution is -2.46. The third-order valence-electron chi connectivity index (χ3n) is 2.91. The van der Waals surface area contributed by atoms with Crippen molar-refractivity contribution in [3.63, 3.8) is 0 Å². The van der Waals surface area contributed by atoms with Gasteiger partial charge in [0.2, 0.25) is 0 Å². The Morgan fingerprint density at radius 3 is 2.50 bits per heavy atom. The summed E-state index contributed by atoms with van der Waals surface area (Å²) in [6.07, 6.45) is 2.26. The van der Waals surface area contributed by atoms with Crippen LogP contribution in [0, 0.1) is 5.41 Å². The number of nitrogens with zero attached hydrogens (tertiary/aromatic N) is 2. The van der Waals surface area contributed by atoms with Gasteiger partial charge in [-0.1, -0.05) is 0 Å². The van der Waals surface area contributed by atoms with Crippen molar-refractivity contribution in [2.24, 2.45) is 5.41 Å². The quantitative estimate of drug-likeness (QED) is 0.717. The summed E-state index contributed by atoms with van der Waals surface area (Å²) in [6, 6.07) is 0.488. The molecule has 0 aromatic rings. The Bertz CT molecular complexity index is 246. The second-order valence-corrected chi connectivity index (χ2v) is 5.78. The predicted octanol–water partition coefficient (Wildman–Crippen LogP) is 1.52. The van der Waals surface area contributed by atoms with Gasteiger partial charge in [0, 0.05) is 12.6 Å². The first-order valence-corrected chi connectivity index (χ1v) is 5.94. The number of hydrogen-bond donors (Lipinski definition) is 0. The molecular weight excluding hydrogens is 204 g/mol. The second kappa shape index (κ2) is 5.15. The fraction of sp³-hybridized carbons (Fsp3) is 0.917. The second-order valence-electron chi connectivity index (χ2n) is 5.78. The number of carbonyl (C=O) groups is 1. The maximum atomic E-state index is 11.7. The molecule has 1 aliphatic rings. The molecule has 1 fully saturated rings. The van der Waals surface area contributed by atoms with Crippen LogP contribution in [0.1, 0.15) is 33.6 Å². The lowest BCUT2D eigenvalue weighted by Gasteiger charge is -2.35. The molecule has 1 atom stereocenters. The number of piperidine rings is 1. The highest BCUT2D eigenvalue weighted by atomic mass is 16.7. The van der Waals surface area contributed by atoms with Crippen molar-refractivity contribution in [3.8, 4) is 0 Å². The first-order chi connectivity index (χ1) is 7.30. The summed E-state index contributed by atoms with van der Waals surface area (Å²) in [4.78, 5) is 19.3. The van der Waals surface area contributed by atoms with E-state index < -0.39 is 5.41 Å². The fourth-order valence-electron chi connectivity index (χ4n) is 1.68. The summed E-state index contributed by atoms with van der Waals surface area (Å²) < 4.78 is 0. The summed E-state index contributed by atoms with van der Waals surface area (Å²) >= 11 is 0. The number of hydroxylamine groups is 2. The molecule has 0 N–H and O–H groups in total. The number of rotatable bonds is 2. The van der Waals surface area contributed by atoms with Crippen LogP contribution in [0.3, 0.4) is 0 Å². The van der Waals surface area contributed by atoms with Gasteiger partial charge < -0.3 is 9.74 Å². The maximum Gasteiger partial charge on any atom is 0.330 e. The zero-order valence-corrected chi connectivity index (χ0v) is 11.1. The summed E-state index contributed by atoms with van der Waals surface area (Å²) in [5.74, 6) is -0.146. The van der Waals surface area contributed by atoms with Crippen LogP contribution in [0.25, 0.3) is 0 Å². The molecule has 0 aliphatic carbocycles. The highest BCUT2D eigenvalue weighted by Gasteiger charge is 2.29. The fourth-order valence-corrected chi connectivity index (χ4v) is 1.68. The molecule has 94 valence electrons. The minimum Gasteiger partial charge on any atom is -0.367 e. The number of likely N-dealkylation sites (N-methyl/N-ethyl adjacent to an activating group) is 1. The molecule has 0 bridgehead atoms. The molecule has 0 aromatic heterocycles. The monoisotopic (exact) mass is 228 g/mol. The molecule has 1 aliphatic heterocycles. The maximum absolute atomic E-state index is 11.7. The van der Waals surface area contributed by atoms with Crippen LogP contribution in [-0.4, -0.2) is 49.2 Å². The zero-order valence-electron chi connectivity index (χ0n) is 11.1. The molecule has 1 rings (SSSR count). The predicted molar refractivity (Wildman–Crippen MR) is 63.8 cm³/mol. The van der Waals surface area contributed by atoms with Crippen molar-refractivity contribution >= 4 is 5.97 Å². The Balaban J connectivity index is 2.46. The minimum atomic E-state index is -0.426. The van der Waals surface area contributed by atoms with Crippen LogP contribution in [0.5, 0.6) is 0 Å². The van der Waals surface area contributed by atoms with Crippen LogP contribution < -0.4 is 0 Å². The van der Waals surface area contributed by atoms with Crippen LogP contribution in [-0.2, 0) is 9.63 Å². The lowest BCUT2D eigenvalue weighted by atomic mass is 9.98. The summed E-state index contributed by atoms with van der Waals surface area (Å²) in [5, 5.41) is 1.81. The van der Waals surface area contributed by atoms with Crippen molar-refractivity contribution in [1.29, 1.82) is 0 Å². The van der Waals surface area contributed by atoms with Gasteiger partial charge in [0.1, 0.15) is 0 Å². The average Bonchev–Trinajstić information content (AvgIpc) is 2.16. The van der Waals surface area contributed by atoms with Crippen LogP contribution in [0.15, 0.2) is 0 Å². The van der Waals surface area contributed by atoms with Gasteiger partial charge in [-0.25, -0.2) is 4.79 Å². The third kappa shape index (κ3) is 3.76. The Labute approximate surface area is 98.5 Å². The van der Waals surface area contributed by atoms with Gasteiger partial charge in [0.25, 0.3) is 0 Å². The summed E-state index contributed by atoms with van der Waals surface area (Å²) in [5.41, 5.74) is -0.426. The van der Waals surface area contributed by atoms with E-state index in [1.54, 1.807) is 0 Å². The first-order valence-electron chi connectivity index (χ1n) is 5.94. The van der Waals surface area contributed by atoms with E-state index >= 15 is 0 Å². The van der Waals surface area contributed by atoms with Crippen LogP contribution in [0.4, 0.5) is 0 Å². The average molecular weight is 228 g/mol. The molecule has 1 saturated heterocycles. The lowest BCUT2D eigenvalue weighted by molar-refractivity contribution is -0.207. The molecule has 1 heterocycles. The minimum absolute atomic E-state index is 0.146. The largest absolute Gasteiger partial charge is 0.367 e. The van der Waals surface area contributed by atoms with Crippen molar-refractivity contribution < 1.29 is 9.63 Å². The first kappa shape index (κ1) is 13.5. The highest BCUT2D eigenvalue weighted by molar-refractivity contribution is 5.75. The molecule has 4 nitrogen and oxygen atoms in total. The molecule has 0 saturated carbocycles. The standard InChI is InChI=1S/C12H24N2O2/c1-12(2,3)11(15)16-14-8-6-7-10(9-14)13(4)5/h10H,6-9H2,1-5H3/t10-/m1/s1. The molecular formula is C12H24N2O2. The molecule has 0 radical (unpaired) electrons. The Hall–Kier alpha value is -0.610. The van der Waals surface area contributed by atoms with Crippen molar-refractivity contribution in [2.75, 3.05) is 27.2 Å². The van der Waals surface area contributed by atoms with Crippen molar-refractivity contribution in [3.05, 3.63) is 0 Å². The van der Waals surface area contributed by atoms with Crippen molar-refractivity contribution in [1.82, 2.24) is 9.96 Å². The normalized spacial score (nSPS) is 23.5. The number of carbonyl (C=O) groups excluding carboxylic acids is 1. The highest BCUT2D eigenvalue weighted by Crippen LogP contribution is 2.19. The number of hydrogen-bond acceptors (Lipinski definition) is 4. The van der Waals surface area contributed by atoms with Gasteiger partial charge in [-0.15, -0.1) is 5.06 Å². The van der Waals surface area contributed by atoms with Crippen LogP contribution >= 0.6 is 0 Å². The van der Waals surface area contributed by atoms with Gasteiger partial charge in [-0.05, 0) is 47.7 Å². The van der Waals surface area contributed by atoms with Gasteiger partial charge in [0.15, 0.2) is 0 Å². The van der Waals surface area contributed by atoms with Gasteiger partial charge in [-0.2, -0.15) is 0 Å². The molecule has 16 heavy (non-hydrogen) atoms. The van der Waals surface area contributed by atoms with Gasteiger partial charge in [-0.3, -0.25) is 0 Å². The zero-order chi connectivity index (χ0) is 12.3. The summed E-state index contributed by atoms with van der Waals surface area (Å²) in [7, 11) is 4.14. The molecule has 0 unspecified atom stereocenters. The smallest absolute Gasteiger partial charge is 0.330 e. The van der Waals surface area contributed by atoms with E-state index in [4.69, 9.17) is 4.84 Å². The van der Waals surface area contributed by atoms with E-state index in [1.165, 1.54) is 6.42 Å². The van der Waals surface area contributed by atoms with E-state index in [1.807, 2.05) is 25.8 Å². The molecule has 0 spiro atoms. The summed E-state index contributed by atoms with van der Waals surface area (Å²) in [6.45, 7) is 7.30. The van der Waals surface area contributed by atoms with Gasteiger partial charge in [0.05, 0.1) is 12.0 Å². The van der Waals surface area contributed by atoms with E-state index in [0.29, 0.717) is 6.04 Å². The molecule has 4 heteroatoms. The van der Waals surface area contributed by atoms with Crippen LogP contribution in [0.2, 0.25) is 0 Å².